The van der Waals surface area contributed by atoms with Gasteiger partial charge in [-0.2, -0.15) is 14.4 Å². The largest absolute Gasteiger partial charge is 0.382 e. The van der Waals surface area contributed by atoms with Gasteiger partial charge in [0.05, 0.1) is 12.9 Å². The number of rotatable bonds is 3. The van der Waals surface area contributed by atoms with Crippen molar-refractivity contribution in [1.82, 2.24) is 19.5 Å². The molecule has 110 valence electrons. The summed E-state index contributed by atoms with van der Waals surface area (Å²) in [7, 11) is 2.15. The van der Waals surface area contributed by atoms with Crippen LogP contribution in [0.2, 0.25) is 0 Å². The van der Waals surface area contributed by atoms with Gasteiger partial charge in [0.25, 0.3) is 0 Å². The van der Waals surface area contributed by atoms with E-state index < -0.39 is 17.9 Å². The lowest BCUT2D eigenvalue weighted by atomic mass is 10.0. The average Bonchev–Trinajstić information content (AvgIpc) is 3.04. The summed E-state index contributed by atoms with van der Waals surface area (Å²) in [6.45, 7) is 0.253. The van der Waals surface area contributed by atoms with Crippen LogP contribution in [0.4, 0.5) is 10.2 Å². The van der Waals surface area contributed by atoms with Gasteiger partial charge in [-0.1, -0.05) is 5.92 Å². The molecule has 0 spiro atoms. The van der Waals surface area contributed by atoms with Crippen LogP contribution in [0, 0.1) is 18.4 Å². The Morgan fingerprint density at radius 3 is 3.19 bits per heavy atom. The zero-order chi connectivity index (χ0) is 15.0. The summed E-state index contributed by atoms with van der Waals surface area (Å²) in [6.07, 6.45) is 6.97. The number of hydrogen-bond donors (Lipinski definition) is 1. The lowest BCUT2D eigenvalue weighted by Gasteiger charge is -2.22. The SMILES string of the molecule is C#CC1(COP)CCC(n2cnc3c(N)nc(F)nc32)O1. The molecule has 1 aliphatic rings. The molecule has 2 N–H and O–H groups in total. The van der Waals surface area contributed by atoms with Crippen molar-refractivity contribution in [2.24, 2.45) is 0 Å². The quantitative estimate of drug-likeness (QED) is 0.518. The van der Waals surface area contributed by atoms with E-state index in [1.54, 1.807) is 4.57 Å². The predicted octanol–water partition coefficient (Wildman–Crippen LogP) is 1.04. The second-order valence-electron chi connectivity index (χ2n) is 4.76. The van der Waals surface area contributed by atoms with E-state index >= 15 is 0 Å². The molecule has 2 aromatic heterocycles. The molecule has 0 amide bonds. The van der Waals surface area contributed by atoms with Gasteiger partial charge in [0.15, 0.2) is 22.6 Å². The number of nitrogen functional groups attached to an aromatic ring is 1. The Labute approximate surface area is 122 Å². The first kappa shape index (κ1) is 14.1. The molecule has 1 aliphatic heterocycles. The van der Waals surface area contributed by atoms with E-state index in [0.717, 1.165) is 0 Å². The maximum atomic E-state index is 13.3. The van der Waals surface area contributed by atoms with E-state index in [0.29, 0.717) is 18.4 Å². The molecule has 3 unspecified atom stereocenters. The average molecular weight is 309 g/mol. The second-order valence-corrected chi connectivity index (χ2v) is 5.10. The van der Waals surface area contributed by atoms with Crippen molar-refractivity contribution in [3.63, 3.8) is 0 Å². The fourth-order valence-corrected chi connectivity index (χ4v) is 2.71. The Hall–Kier alpha value is -1.81. The van der Waals surface area contributed by atoms with Crippen LogP contribution in [0.5, 0.6) is 0 Å². The van der Waals surface area contributed by atoms with E-state index in [1.165, 1.54) is 6.33 Å². The topological polar surface area (TPSA) is 88.1 Å². The number of anilines is 1. The Balaban J connectivity index is 1.98. The van der Waals surface area contributed by atoms with E-state index in [4.69, 9.17) is 21.4 Å². The molecular formula is C12H13FN5O2P. The first-order chi connectivity index (χ1) is 10.1. The van der Waals surface area contributed by atoms with E-state index in [2.05, 4.69) is 30.3 Å². The molecule has 1 fully saturated rings. The minimum Gasteiger partial charge on any atom is -0.382 e. The molecule has 3 atom stereocenters. The van der Waals surface area contributed by atoms with Crippen LogP contribution in [-0.2, 0) is 9.26 Å². The molecule has 2 aromatic rings. The van der Waals surface area contributed by atoms with E-state index in [9.17, 15) is 4.39 Å². The molecule has 21 heavy (non-hydrogen) atoms. The molecular weight excluding hydrogens is 296 g/mol. The Morgan fingerprint density at radius 1 is 1.67 bits per heavy atom. The smallest absolute Gasteiger partial charge is 0.312 e. The molecule has 3 rings (SSSR count). The number of imidazole rings is 1. The summed E-state index contributed by atoms with van der Waals surface area (Å²) in [5, 5.41) is 0. The molecule has 9 heteroatoms. The monoisotopic (exact) mass is 309 g/mol. The van der Waals surface area contributed by atoms with Gasteiger partial charge in [0.2, 0.25) is 0 Å². The normalized spacial score (nSPS) is 25.3. The maximum absolute atomic E-state index is 13.3. The fraction of sp³-hybridized carbons (Fsp3) is 0.417. The van der Waals surface area contributed by atoms with Gasteiger partial charge < -0.3 is 15.0 Å². The summed E-state index contributed by atoms with van der Waals surface area (Å²) >= 11 is 0. The Kier molecular flexibility index (Phi) is 3.49. The van der Waals surface area contributed by atoms with Gasteiger partial charge in [-0.3, -0.25) is 4.57 Å². The first-order valence-electron chi connectivity index (χ1n) is 6.21. The highest BCUT2D eigenvalue weighted by atomic mass is 31.0. The molecule has 0 saturated carbocycles. The molecule has 0 aliphatic carbocycles. The summed E-state index contributed by atoms with van der Waals surface area (Å²) in [5.41, 5.74) is 5.44. The Morgan fingerprint density at radius 2 is 2.48 bits per heavy atom. The van der Waals surface area contributed by atoms with Crippen LogP contribution in [0.15, 0.2) is 6.33 Å². The van der Waals surface area contributed by atoms with Gasteiger partial charge in [-0.05, 0) is 12.8 Å². The lowest BCUT2D eigenvalue weighted by Crippen LogP contribution is -2.31. The number of terminal acetylenes is 1. The molecule has 0 radical (unpaired) electrons. The third-order valence-electron chi connectivity index (χ3n) is 3.47. The zero-order valence-electron chi connectivity index (χ0n) is 11.0. The maximum Gasteiger partial charge on any atom is 0.312 e. The van der Waals surface area contributed by atoms with Crippen LogP contribution in [0.25, 0.3) is 11.2 Å². The number of hydrogen-bond acceptors (Lipinski definition) is 6. The van der Waals surface area contributed by atoms with Crippen LogP contribution in [-0.4, -0.2) is 31.7 Å². The molecule has 0 bridgehead atoms. The van der Waals surface area contributed by atoms with E-state index in [-0.39, 0.29) is 18.1 Å². The Bertz CT molecular complexity index is 730. The van der Waals surface area contributed by atoms with Gasteiger partial charge in [0, 0.05) is 9.47 Å². The zero-order valence-corrected chi connectivity index (χ0v) is 12.1. The minimum absolute atomic E-state index is 0.00856. The van der Waals surface area contributed by atoms with Crippen LogP contribution >= 0.6 is 9.47 Å². The van der Waals surface area contributed by atoms with Crippen LogP contribution in [0.3, 0.4) is 0 Å². The third-order valence-corrected chi connectivity index (χ3v) is 3.63. The number of nitrogens with two attached hydrogens (primary N) is 1. The van der Waals surface area contributed by atoms with Gasteiger partial charge in [-0.25, -0.2) is 4.98 Å². The van der Waals surface area contributed by atoms with Crippen LogP contribution < -0.4 is 5.73 Å². The van der Waals surface area contributed by atoms with Crippen LogP contribution in [0.1, 0.15) is 19.1 Å². The summed E-state index contributed by atoms with van der Waals surface area (Å²) in [6, 6.07) is 0. The van der Waals surface area contributed by atoms with Crippen molar-refractivity contribution in [3.05, 3.63) is 12.4 Å². The fourth-order valence-electron chi connectivity index (χ4n) is 2.44. The van der Waals surface area contributed by atoms with Gasteiger partial charge in [0.1, 0.15) is 6.23 Å². The molecule has 3 heterocycles. The number of halogens is 1. The highest BCUT2D eigenvalue weighted by Gasteiger charge is 2.40. The minimum atomic E-state index is -0.906. The number of fused-ring (bicyclic) bond motifs is 1. The van der Waals surface area contributed by atoms with Crippen molar-refractivity contribution in [3.8, 4) is 12.3 Å². The summed E-state index contributed by atoms with van der Waals surface area (Å²) in [5.74, 6) is 2.61. The molecule has 7 nitrogen and oxygen atoms in total. The van der Waals surface area contributed by atoms with Crippen molar-refractivity contribution in [1.29, 1.82) is 0 Å². The van der Waals surface area contributed by atoms with Crippen molar-refractivity contribution in [2.45, 2.75) is 24.7 Å². The third kappa shape index (κ3) is 2.33. The molecule has 1 saturated heterocycles. The number of nitrogens with zero attached hydrogens (tertiary/aromatic N) is 4. The predicted molar refractivity (Wildman–Crippen MR) is 76.3 cm³/mol. The highest BCUT2D eigenvalue weighted by molar-refractivity contribution is 7.09. The summed E-state index contributed by atoms with van der Waals surface area (Å²) in [4.78, 5) is 11.3. The number of aromatic nitrogens is 4. The summed E-state index contributed by atoms with van der Waals surface area (Å²) < 4.78 is 25.9. The lowest BCUT2D eigenvalue weighted by molar-refractivity contribution is -0.0540. The highest BCUT2D eigenvalue weighted by Crippen LogP contribution is 2.38. The molecule has 0 aromatic carbocycles. The number of ether oxygens (including phenoxy) is 1. The second kappa shape index (κ2) is 5.19. The van der Waals surface area contributed by atoms with Crippen molar-refractivity contribution < 1.29 is 13.7 Å². The van der Waals surface area contributed by atoms with Gasteiger partial charge >= 0.3 is 6.08 Å². The standard InChI is InChI=1S/C12H13FN5O2P/c1-2-12(5-19-21)4-3-7(20-12)18-6-15-8-9(14)16-11(13)17-10(8)18/h1,6-7H,3-5,21H2,(H2,14,16,17). The van der Waals surface area contributed by atoms with Crippen molar-refractivity contribution in [2.75, 3.05) is 12.3 Å². The first-order valence-corrected chi connectivity index (χ1v) is 6.68. The van der Waals surface area contributed by atoms with E-state index in [1.807, 2.05) is 0 Å². The van der Waals surface area contributed by atoms with Gasteiger partial charge in [-0.15, -0.1) is 6.42 Å². The van der Waals surface area contributed by atoms with Crippen molar-refractivity contribution >= 4 is 26.4 Å².